The zero-order valence-electron chi connectivity index (χ0n) is 22.4. The van der Waals surface area contributed by atoms with E-state index in [1.54, 1.807) is 91.0 Å². The van der Waals surface area contributed by atoms with E-state index in [9.17, 15) is 19.2 Å². The first-order chi connectivity index (χ1) is 21.0. The average molecular weight is 581 g/mol. The minimum absolute atomic E-state index is 0.0241. The van der Waals surface area contributed by atoms with E-state index >= 15 is 0 Å². The largest absolute Gasteiger partial charge is 0.459 e. The number of hydrogen-bond acceptors (Lipinski definition) is 10. The topological polar surface area (TPSA) is 152 Å². The molecule has 1 unspecified atom stereocenters. The van der Waals surface area contributed by atoms with E-state index < -0.39 is 48.0 Å². The summed E-state index contributed by atoms with van der Waals surface area (Å²) in [6.07, 6.45) is -2.24. The minimum atomic E-state index is -1.26. The first-order valence-corrected chi connectivity index (χ1v) is 13.3. The molecule has 0 spiro atoms. The monoisotopic (exact) mass is 580 g/mol. The number of imidazole rings is 1. The molecule has 0 bridgehead atoms. The molecule has 1 saturated heterocycles. The molecule has 1 fully saturated rings. The molecule has 216 valence electrons. The molecule has 12 heteroatoms. The fourth-order valence-corrected chi connectivity index (χ4v) is 4.73. The van der Waals surface area contributed by atoms with Crippen molar-refractivity contribution in [1.29, 1.82) is 0 Å². The normalized spacial score (nSPS) is 19.5. The molecule has 1 N–H and O–H groups in total. The van der Waals surface area contributed by atoms with Crippen molar-refractivity contribution in [2.24, 2.45) is 0 Å². The van der Waals surface area contributed by atoms with Crippen molar-refractivity contribution in [2.45, 2.75) is 24.5 Å². The highest BCUT2D eigenvalue weighted by Gasteiger charge is 2.51. The Hall–Kier alpha value is -5.62. The number of nitrogens with zero attached hydrogens (tertiary/aromatic N) is 3. The summed E-state index contributed by atoms with van der Waals surface area (Å²) >= 11 is 0. The van der Waals surface area contributed by atoms with Gasteiger partial charge >= 0.3 is 17.9 Å². The highest BCUT2D eigenvalue weighted by atomic mass is 16.7. The van der Waals surface area contributed by atoms with Gasteiger partial charge in [-0.1, -0.05) is 54.6 Å². The Bertz CT molecular complexity index is 1810. The van der Waals surface area contributed by atoms with Crippen molar-refractivity contribution in [2.75, 3.05) is 6.61 Å². The van der Waals surface area contributed by atoms with E-state index in [1.807, 2.05) is 0 Å². The lowest BCUT2D eigenvalue weighted by atomic mass is 10.1. The van der Waals surface area contributed by atoms with Gasteiger partial charge < -0.3 is 23.9 Å². The number of carbonyl (C=O) groups excluding carboxylic acids is 3. The Morgan fingerprint density at radius 3 is 1.86 bits per heavy atom. The number of hydrogen-bond donors (Lipinski definition) is 1. The zero-order chi connectivity index (χ0) is 29.8. The molecule has 4 atom stereocenters. The Morgan fingerprint density at radius 2 is 1.28 bits per heavy atom. The maximum Gasteiger partial charge on any atom is 0.338 e. The van der Waals surface area contributed by atoms with Crippen LogP contribution < -0.4 is 5.56 Å². The van der Waals surface area contributed by atoms with Crippen LogP contribution in [0.1, 0.15) is 37.3 Å². The summed E-state index contributed by atoms with van der Waals surface area (Å²) in [7, 11) is 0. The summed E-state index contributed by atoms with van der Waals surface area (Å²) < 4.78 is 25.1. The van der Waals surface area contributed by atoms with Crippen LogP contribution in [0.15, 0.2) is 108 Å². The lowest BCUT2D eigenvalue weighted by molar-refractivity contribution is -0.0606. The van der Waals surface area contributed by atoms with Gasteiger partial charge in [0.05, 0.1) is 29.3 Å². The number of rotatable bonds is 8. The van der Waals surface area contributed by atoms with Gasteiger partial charge in [-0.25, -0.2) is 24.4 Å². The summed E-state index contributed by atoms with van der Waals surface area (Å²) in [4.78, 5) is 62.5. The molecule has 5 aromatic rings. The highest BCUT2D eigenvalue weighted by molar-refractivity contribution is 5.91. The third kappa shape index (κ3) is 5.76. The van der Waals surface area contributed by atoms with Crippen LogP contribution >= 0.6 is 0 Å². The van der Waals surface area contributed by atoms with E-state index in [0.29, 0.717) is 5.56 Å². The lowest BCUT2D eigenvalue weighted by Gasteiger charge is -2.25. The number of nitrogens with one attached hydrogen (secondary N) is 1. The van der Waals surface area contributed by atoms with E-state index in [4.69, 9.17) is 18.9 Å². The number of H-pyrrole nitrogens is 1. The van der Waals surface area contributed by atoms with Gasteiger partial charge in [0.15, 0.2) is 29.6 Å². The van der Waals surface area contributed by atoms with Crippen LogP contribution in [0.2, 0.25) is 0 Å². The molecule has 3 heterocycles. The Labute approximate surface area is 243 Å². The van der Waals surface area contributed by atoms with Gasteiger partial charge in [-0.3, -0.25) is 9.36 Å². The Kier molecular flexibility index (Phi) is 7.74. The van der Waals surface area contributed by atoms with Gasteiger partial charge in [-0.05, 0) is 36.4 Å². The smallest absolute Gasteiger partial charge is 0.338 e. The quantitative estimate of drug-likeness (QED) is 0.214. The number of ether oxygens (including phenoxy) is 4. The molecule has 1 aliphatic rings. The minimum Gasteiger partial charge on any atom is -0.459 e. The molecule has 12 nitrogen and oxygen atoms in total. The second-order valence-electron chi connectivity index (χ2n) is 9.56. The van der Waals surface area contributed by atoms with Crippen LogP contribution in [0.25, 0.3) is 11.2 Å². The Morgan fingerprint density at radius 1 is 0.744 bits per heavy atom. The fourth-order valence-electron chi connectivity index (χ4n) is 4.73. The predicted octanol–water partition coefficient (Wildman–Crippen LogP) is 3.33. The first kappa shape index (κ1) is 27.5. The average Bonchev–Trinajstić information content (AvgIpc) is 3.63. The maximum absolute atomic E-state index is 13.3. The van der Waals surface area contributed by atoms with E-state index in [-0.39, 0.29) is 28.9 Å². The number of esters is 3. The second kappa shape index (κ2) is 12.1. The van der Waals surface area contributed by atoms with Gasteiger partial charge in [-0.2, -0.15) is 0 Å². The fraction of sp³-hybridized carbons (Fsp3) is 0.161. The molecular weight excluding hydrogens is 556 g/mol. The van der Waals surface area contributed by atoms with Crippen LogP contribution in [0.3, 0.4) is 0 Å². The molecular formula is C31H24N4O8. The van der Waals surface area contributed by atoms with Gasteiger partial charge in [0.2, 0.25) is 0 Å². The van der Waals surface area contributed by atoms with Gasteiger partial charge in [0.25, 0.3) is 5.56 Å². The van der Waals surface area contributed by atoms with Crippen LogP contribution in [0, 0.1) is 0 Å². The van der Waals surface area contributed by atoms with Crippen molar-refractivity contribution >= 4 is 29.1 Å². The summed E-state index contributed by atoms with van der Waals surface area (Å²) in [5, 5.41) is 0. The number of benzene rings is 3. The standard InChI is InChI=1S/C31H24N4O8/c36-27-23-26(32-17-33-27)35(18-34-23)28-25(43-31(39)21-14-8-3-9-15-21)24(42-30(38)20-12-6-2-7-13-20)22(41-28)16-40-29(37)19-10-4-1-5-11-19/h1-15,17-18,22,24-25,28H,16H2,(H,32,33,36)/t22-,24?,25-,28-/m1/s1. The number of aromatic nitrogens is 4. The van der Waals surface area contributed by atoms with Crippen molar-refractivity contribution < 1.29 is 33.3 Å². The number of fused-ring (bicyclic) bond motifs is 1. The first-order valence-electron chi connectivity index (χ1n) is 13.3. The van der Waals surface area contributed by atoms with Crippen molar-refractivity contribution in [3.63, 3.8) is 0 Å². The SMILES string of the molecule is O=C(OC[C@H]1O[C@@H](n2cnc3c(=O)[nH]cnc32)[C@H](OC(=O)c2ccccc2)C1OC(=O)c1ccccc1)c1ccccc1. The van der Waals surface area contributed by atoms with Crippen LogP contribution in [0.5, 0.6) is 0 Å². The number of aromatic amines is 1. The van der Waals surface area contributed by atoms with Crippen LogP contribution in [-0.4, -0.2) is 62.3 Å². The third-order valence-electron chi connectivity index (χ3n) is 6.82. The van der Waals surface area contributed by atoms with E-state index in [1.165, 1.54) is 17.2 Å². The van der Waals surface area contributed by atoms with Crippen LogP contribution in [-0.2, 0) is 18.9 Å². The lowest BCUT2D eigenvalue weighted by Crippen LogP contribution is -2.41. The van der Waals surface area contributed by atoms with Gasteiger partial charge in [0, 0.05) is 0 Å². The molecule has 6 rings (SSSR count). The third-order valence-corrected chi connectivity index (χ3v) is 6.82. The van der Waals surface area contributed by atoms with Gasteiger partial charge in [-0.15, -0.1) is 0 Å². The van der Waals surface area contributed by atoms with E-state index in [0.717, 1.165) is 0 Å². The summed E-state index contributed by atoms with van der Waals surface area (Å²) in [6, 6.07) is 24.9. The van der Waals surface area contributed by atoms with Crippen molar-refractivity contribution in [3.05, 3.63) is 131 Å². The predicted molar refractivity (Wildman–Crippen MR) is 150 cm³/mol. The molecule has 0 radical (unpaired) electrons. The molecule has 0 saturated carbocycles. The van der Waals surface area contributed by atoms with Crippen molar-refractivity contribution in [1.82, 2.24) is 19.5 Å². The highest BCUT2D eigenvalue weighted by Crippen LogP contribution is 2.36. The molecule has 1 aliphatic heterocycles. The Balaban J connectivity index is 1.37. The molecule has 3 aromatic carbocycles. The van der Waals surface area contributed by atoms with E-state index in [2.05, 4.69) is 15.0 Å². The van der Waals surface area contributed by atoms with Crippen LogP contribution in [0.4, 0.5) is 0 Å². The molecule has 2 aromatic heterocycles. The zero-order valence-corrected chi connectivity index (χ0v) is 22.4. The summed E-state index contributed by atoms with van der Waals surface area (Å²) in [6.45, 7) is -0.350. The molecule has 0 aliphatic carbocycles. The molecule has 0 amide bonds. The van der Waals surface area contributed by atoms with Crippen molar-refractivity contribution in [3.8, 4) is 0 Å². The summed E-state index contributed by atoms with van der Waals surface area (Å²) in [5.74, 6) is -2.04. The maximum atomic E-state index is 13.3. The second-order valence-corrected chi connectivity index (χ2v) is 9.56. The summed E-state index contributed by atoms with van der Waals surface area (Å²) in [5.41, 5.74) is 0.491. The number of carbonyl (C=O) groups is 3. The van der Waals surface area contributed by atoms with Gasteiger partial charge in [0.1, 0.15) is 12.7 Å². The molecule has 43 heavy (non-hydrogen) atoms.